The molecule has 1 aliphatic carbocycles. The van der Waals surface area contributed by atoms with Gasteiger partial charge in [-0.25, -0.2) is 0 Å². The van der Waals surface area contributed by atoms with Crippen LogP contribution in [0.2, 0.25) is 10.0 Å². The van der Waals surface area contributed by atoms with E-state index in [9.17, 15) is 9.59 Å². The van der Waals surface area contributed by atoms with Gasteiger partial charge in [0.05, 0.1) is 21.7 Å². The summed E-state index contributed by atoms with van der Waals surface area (Å²) in [5.74, 6) is -0.155. The van der Waals surface area contributed by atoms with E-state index in [1.807, 2.05) is 23.1 Å². The van der Waals surface area contributed by atoms with Gasteiger partial charge in [-0.3, -0.25) is 9.59 Å². The van der Waals surface area contributed by atoms with Crippen LogP contribution in [-0.2, 0) is 6.42 Å². The first-order valence-corrected chi connectivity index (χ1v) is 12.1. The predicted octanol–water partition coefficient (Wildman–Crippen LogP) is 4.63. The number of halogens is 2. The van der Waals surface area contributed by atoms with Crippen LogP contribution >= 0.6 is 23.2 Å². The second-order valence-corrected chi connectivity index (χ2v) is 10.1. The molecule has 2 aromatic carbocycles. The van der Waals surface area contributed by atoms with Gasteiger partial charge in [0.25, 0.3) is 11.8 Å². The van der Waals surface area contributed by atoms with Gasteiger partial charge in [0.1, 0.15) is 0 Å². The summed E-state index contributed by atoms with van der Waals surface area (Å²) < 4.78 is 0. The summed E-state index contributed by atoms with van der Waals surface area (Å²) in [6, 6.07) is 10.9. The number of aryl methyl sites for hydroxylation is 1. The molecule has 0 saturated carbocycles. The van der Waals surface area contributed by atoms with Crippen molar-refractivity contribution in [1.29, 1.82) is 0 Å². The molecule has 0 radical (unpaired) electrons. The fourth-order valence-electron chi connectivity index (χ4n) is 5.46. The van der Waals surface area contributed by atoms with Gasteiger partial charge < -0.3 is 15.5 Å². The molecule has 2 amide bonds. The van der Waals surface area contributed by atoms with Crippen LogP contribution < -0.4 is 10.6 Å². The minimum atomic E-state index is -0.250. The summed E-state index contributed by atoms with van der Waals surface area (Å²) in [6.07, 6.45) is 5.04. The van der Waals surface area contributed by atoms with E-state index in [1.165, 1.54) is 5.56 Å². The molecule has 2 aliphatic heterocycles. The molecule has 7 heteroatoms. The lowest BCUT2D eigenvalue weighted by atomic mass is 9.78. The molecule has 168 valence electrons. The molecule has 5 rings (SSSR count). The van der Waals surface area contributed by atoms with Crippen molar-refractivity contribution in [1.82, 2.24) is 15.5 Å². The van der Waals surface area contributed by atoms with Crippen molar-refractivity contribution >= 4 is 35.0 Å². The molecule has 2 aromatic rings. The number of carbonyl (C=O) groups is 2. The molecular weight excluding hydrogens is 445 g/mol. The molecule has 32 heavy (non-hydrogen) atoms. The number of benzene rings is 2. The molecule has 1 atom stereocenters. The van der Waals surface area contributed by atoms with Crippen molar-refractivity contribution in [3.63, 3.8) is 0 Å². The van der Waals surface area contributed by atoms with Crippen LogP contribution in [0.4, 0.5) is 0 Å². The average molecular weight is 472 g/mol. The average Bonchev–Trinajstić information content (AvgIpc) is 3.39. The van der Waals surface area contributed by atoms with E-state index < -0.39 is 0 Å². The normalized spacial score (nSPS) is 21.6. The number of rotatable bonds is 3. The molecule has 5 nitrogen and oxygen atoms in total. The van der Waals surface area contributed by atoms with Crippen molar-refractivity contribution in [3.8, 4) is 0 Å². The lowest BCUT2D eigenvalue weighted by Gasteiger charge is -2.33. The number of amides is 2. The van der Waals surface area contributed by atoms with Crippen molar-refractivity contribution in [2.24, 2.45) is 5.41 Å². The third-order valence-electron chi connectivity index (χ3n) is 7.36. The Bertz CT molecular complexity index is 1070. The highest BCUT2D eigenvalue weighted by atomic mass is 35.5. The van der Waals surface area contributed by atoms with E-state index in [2.05, 4.69) is 10.6 Å². The Morgan fingerprint density at radius 2 is 1.91 bits per heavy atom. The van der Waals surface area contributed by atoms with Crippen LogP contribution in [0.5, 0.6) is 0 Å². The van der Waals surface area contributed by atoms with Gasteiger partial charge >= 0.3 is 0 Å². The number of piperidine rings is 1. The summed E-state index contributed by atoms with van der Waals surface area (Å²) in [4.78, 5) is 28.2. The van der Waals surface area contributed by atoms with Crippen molar-refractivity contribution in [3.05, 3.63) is 68.7 Å². The fourth-order valence-corrected chi connectivity index (χ4v) is 5.84. The van der Waals surface area contributed by atoms with E-state index in [-0.39, 0.29) is 28.3 Å². The van der Waals surface area contributed by atoms with Gasteiger partial charge in [-0.05, 0) is 86.0 Å². The van der Waals surface area contributed by atoms with E-state index >= 15 is 0 Å². The minimum Gasteiger partial charge on any atom is -0.345 e. The highest BCUT2D eigenvalue weighted by Gasteiger charge is 2.40. The largest absolute Gasteiger partial charge is 0.345 e. The molecule has 2 heterocycles. The monoisotopic (exact) mass is 471 g/mol. The number of likely N-dealkylation sites (tertiary alicyclic amines) is 1. The maximum Gasteiger partial charge on any atom is 0.253 e. The second-order valence-electron chi connectivity index (χ2n) is 9.31. The lowest BCUT2D eigenvalue weighted by Crippen LogP contribution is -2.39. The quantitative estimate of drug-likeness (QED) is 0.685. The molecule has 1 unspecified atom stereocenters. The maximum absolute atomic E-state index is 13.3. The molecule has 2 saturated heterocycles. The zero-order valence-corrected chi connectivity index (χ0v) is 19.4. The van der Waals surface area contributed by atoms with Gasteiger partial charge in [0.2, 0.25) is 0 Å². The molecule has 0 bridgehead atoms. The first-order valence-electron chi connectivity index (χ1n) is 11.3. The number of hydrogen-bond acceptors (Lipinski definition) is 3. The Morgan fingerprint density at radius 3 is 2.72 bits per heavy atom. The third-order valence-corrected chi connectivity index (χ3v) is 8.18. The van der Waals surface area contributed by atoms with Crippen LogP contribution in [0.25, 0.3) is 0 Å². The highest BCUT2D eigenvalue weighted by Crippen LogP contribution is 2.39. The predicted molar refractivity (Wildman–Crippen MR) is 126 cm³/mol. The Morgan fingerprint density at radius 1 is 1.09 bits per heavy atom. The van der Waals surface area contributed by atoms with E-state index in [0.717, 1.165) is 63.8 Å². The third kappa shape index (κ3) is 4.02. The second kappa shape index (κ2) is 8.69. The highest BCUT2D eigenvalue weighted by molar-refractivity contribution is 6.43. The standard InChI is InChI=1S/C25H27Cl2N3O2/c26-20-3-1-2-18(22(20)27)23(31)29-21-7-6-16-4-5-17(14-19(16)21)24(32)30-13-10-25(15-30)8-11-28-12-9-25/h1-5,14,21,28H,6-13,15H2,(H,29,31). The zero-order chi connectivity index (χ0) is 22.3. The van der Waals surface area contributed by atoms with Crippen molar-refractivity contribution in [2.45, 2.75) is 38.1 Å². The van der Waals surface area contributed by atoms with Gasteiger partial charge in [-0.2, -0.15) is 0 Å². The minimum absolute atomic E-state index is 0.0954. The van der Waals surface area contributed by atoms with Crippen LogP contribution in [0.15, 0.2) is 36.4 Å². The van der Waals surface area contributed by atoms with Gasteiger partial charge in [-0.1, -0.05) is 35.3 Å². The fraction of sp³-hybridized carbons (Fsp3) is 0.440. The first kappa shape index (κ1) is 21.7. The number of carbonyl (C=O) groups excluding carboxylic acids is 2. The SMILES string of the molecule is O=C(NC1CCc2ccc(C(=O)N3CCC4(CCNCC4)C3)cc21)c1cccc(Cl)c1Cl. The van der Waals surface area contributed by atoms with Crippen LogP contribution in [-0.4, -0.2) is 42.9 Å². The summed E-state index contributed by atoms with van der Waals surface area (Å²) in [7, 11) is 0. The summed E-state index contributed by atoms with van der Waals surface area (Å²) >= 11 is 12.3. The number of nitrogens with zero attached hydrogens (tertiary/aromatic N) is 1. The van der Waals surface area contributed by atoms with E-state index in [1.54, 1.807) is 18.2 Å². The number of hydrogen-bond donors (Lipinski definition) is 2. The number of nitrogens with one attached hydrogen (secondary N) is 2. The maximum atomic E-state index is 13.3. The molecule has 0 aromatic heterocycles. The van der Waals surface area contributed by atoms with E-state index in [0.29, 0.717) is 16.1 Å². The Balaban J connectivity index is 1.32. The lowest BCUT2D eigenvalue weighted by molar-refractivity contribution is 0.0761. The van der Waals surface area contributed by atoms with Crippen LogP contribution in [0, 0.1) is 5.41 Å². The van der Waals surface area contributed by atoms with Gasteiger partial charge in [-0.15, -0.1) is 0 Å². The van der Waals surface area contributed by atoms with Crippen molar-refractivity contribution in [2.75, 3.05) is 26.2 Å². The summed E-state index contributed by atoms with van der Waals surface area (Å²) in [5.41, 5.74) is 3.56. The molecule has 1 spiro atoms. The molecule has 2 fully saturated rings. The summed E-state index contributed by atoms with van der Waals surface area (Å²) in [5, 5.41) is 7.13. The first-order chi connectivity index (χ1) is 15.5. The topological polar surface area (TPSA) is 61.4 Å². The van der Waals surface area contributed by atoms with Gasteiger partial charge in [0, 0.05) is 18.7 Å². The number of fused-ring (bicyclic) bond motifs is 1. The smallest absolute Gasteiger partial charge is 0.253 e. The van der Waals surface area contributed by atoms with Crippen molar-refractivity contribution < 1.29 is 9.59 Å². The van der Waals surface area contributed by atoms with E-state index in [4.69, 9.17) is 23.2 Å². The Hall–Kier alpha value is -2.08. The van der Waals surface area contributed by atoms with Crippen LogP contribution in [0.3, 0.4) is 0 Å². The summed E-state index contributed by atoms with van der Waals surface area (Å²) in [6.45, 7) is 3.75. The molecule has 3 aliphatic rings. The zero-order valence-electron chi connectivity index (χ0n) is 17.9. The molecule has 2 N–H and O–H groups in total. The van der Waals surface area contributed by atoms with Gasteiger partial charge in [0.15, 0.2) is 0 Å². The van der Waals surface area contributed by atoms with Crippen LogP contribution in [0.1, 0.15) is 63.6 Å². The molecular formula is C25H27Cl2N3O2. The Labute approximate surface area is 198 Å². The Kier molecular flexibility index (Phi) is 5.91.